The zero-order valence-electron chi connectivity index (χ0n) is 25.5. The SMILES string of the molecule is Cc1cc(CF)c(-c2cnn(-c3[c-]c(Oc4[c-]c5c(cc4)c4ccccc4n5-c4cc(C(C)C)ccn4)ccc3)c2)c(CF)c1.[Pt+2]. The number of benzene rings is 4. The second-order valence-corrected chi connectivity index (χ2v) is 11.4. The summed E-state index contributed by atoms with van der Waals surface area (Å²) in [5.41, 5.74) is 6.61. The molecular formula is C38H30F2N4OPt. The predicted molar refractivity (Wildman–Crippen MR) is 174 cm³/mol. The van der Waals surface area contributed by atoms with Crippen LogP contribution in [0.4, 0.5) is 8.78 Å². The Labute approximate surface area is 280 Å². The van der Waals surface area contributed by atoms with Gasteiger partial charge < -0.3 is 9.30 Å². The summed E-state index contributed by atoms with van der Waals surface area (Å²) in [6.45, 7) is 4.79. The minimum atomic E-state index is -0.691. The van der Waals surface area contributed by atoms with Gasteiger partial charge in [-0.1, -0.05) is 55.3 Å². The number of alkyl halides is 2. The molecule has 0 aliphatic carbocycles. The molecule has 0 amide bonds. The molecule has 4 aromatic carbocycles. The molecule has 3 aromatic heterocycles. The minimum absolute atomic E-state index is 0. The van der Waals surface area contributed by atoms with E-state index in [0.29, 0.717) is 45.4 Å². The van der Waals surface area contributed by atoms with Gasteiger partial charge in [0.2, 0.25) is 0 Å². The maximum Gasteiger partial charge on any atom is 2.00 e. The number of hydrogen-bond donors (Lipinski definition) is 0. The number of hydrogen-bond acceptors (Lipinski definition) is 3. The number of aryl methyl sites for hydroxylation is 1. The third-order valence-electron chi connectivity index (χ3n) is 8.05. The van der Waals surface area contributed by atoms with Gasteiger partial charge in [0.1, 0.15) is 19.2 Å². The van der Waals surface area contributed by atoms with Crippen LogP contribution in [0.1, 0.15) is 42.0 Å². The number of halogens is 2. The summed E-state index contributed by atoms with van der Waals surface area (Å²) in [4.78, 5) is 4.72. The molecule has 0 atom stereocenters. The van der Waals surface area contributed by atoms with E-state index in [4.69, 9.17) is 9.72 Å². The number of rotatable bonds is 8. The second kappa shape index (κ2) is 13.0. The van der Waals surface area contributed by atoms with Gasteiger partial charge in [0.25, 0.3) is 0 Å². The van der Waals surface area contributed by atoms with Crippen LogP contribution in [0, 0.1) is 19.1 Å². The molecule has 0 aliphatic rings. The standard InChI is InChI=1S/C38H30F2N4O.Pt/c1-24(2)26-13-14-41-37(17-26)44-35-10-5-4-9-33(35)34-12-11-32(19-36(34)44)45-31-8-6-7-30(18-31)43-23-29(22-42-43)38-27(20-39)15-25(3)16-28(38)21-40;/h4-17,22-24H,20-21H2,1-3H3;/q-2;+2. The molecule has 3 heterocycles. The van der Waals surface area contributed by atoms with Crippen LogP contribution in [-0.4, -0.2) is 19.3 Å². The van der Waals surface area contributed by atoms with E-state index < -0.39 is 13.3 Å². The molecule has 0 spiro atoms. The molecule has 7 rings (SSSR count). The molecule has 8 heteroatoms. The summed E-state index contributed by atoms with van der Waals surface area (Å²) in [6.07, 6.45) is 5.23. The van der Waals surface area contributed by atoms with Crippen LogP contribution in [0.2, 0.25) is 0 Å². The van der Waals surface area contributed by atoms with Crippen LogP contribution < -0.4 is 4.74 Å². The minimum Gasteiger partial charge on any atom is -0.509 e. The van der Waals surface area contributed by atoms with Gasteiger partial charge in [-0.15, -0.1) is 35.7 Å². The van der Waals surface area contributed by atoms with Crippen molar-refractivity contribution in [1.82, 2.24) is 19.3 Å². The number of para-hydroxylation sites is 1. The monoisotopic (exact) mass is 791 g/mol. The Bertz CT molecular complexity index is 2160. The number of pyridine rings is 1. The van der Waals surface area contributed by atoms with E-state index in [0.717, 1.165) is 33.2 Å². The summed E-state index contributed by atoms with van der Waals surface area (Å²) in [5, 5.41) is 6.64. The summed E-state index contributed by atoms with van der Waals surface area (Å²) < 4.78 is 37.9. The fraction of sp³-hybridized carbons (Fsp3) is 0.158. The van der Waals surface area contributed by atoms with Crippen molar-refractivity contribution in [2.24, 2.45) is 0 Å². The largest absolute Gasteiger partial charge is 2.00 e. The summed E-state index contributed by atoms with van der Waals surface area (Å²) >= 11 is 0. The van der Waals surface area contributed by atoms with Crippen molar-refractivity contribution in [2.75, 3.05) is 0 Å². The first-order chi connectivity index (χ1) is 21.9. The molecule has 0 saturated heterocycles. The van der Waals surface area contributed by atoms with Gasteiger partial charge in [-0.25, -0.2) is 13.8 Å². The average molecular weight is 792 g/mol. The predicted octanol–water partition coefficient (Wildman–Crippen LogP) is 9.79. The van der Waals surface area contributed by atoms with Gasteiger partial charge in [-0.2, -0.15) is 17.2 Å². The fourth-order valence-corrected chi connectivity index (χ4v) is 5.94. The molecule has 0 bridgehead atoms. The van der Waals surface area contributed by atoms with Crippen molar-refractivity contribution in [1.29, 1.82) is 0 Å². The van der Waals surface area contributed by atoms with Gasteiger partial charge in [0.15, 0.2) is 0 Å². The van der Waals surface area contributed by atoms with Crippen LogP contribution in [0.5, 0.6) is 11.5 Å². The quantitative estimate of drug-likeness (QED) is 0.144. The van der Waals surface area contributed by atoms with Crippen LogP contribution in [-0.2, 0) is 34.4 Å². The molecule has 232 valence electrons. The van der Waals surface area contributed by atoms with Crippen molar-refractivity contribution in [2.45, 2.75) is 40.0 Å². The van der Waals surface area contributed by atoms with Crippen molar-refractivity contribution in [3.63, 3.8) is 0 Å². The molecule has 0 unspecified atom stereocenters. The summed E-state index contributed by atoms with van der Waals surface area (Å²) in [7, 11) is 0. The Balaban J connectivity index is 0.00000372. The maximum atomic E-state index is 13.9. The van der Waals surface area contributed by atoms with E-state index >= 15 is 0 Å². The second-order valence-electron chi connectivity index (χ2n) is 11.4. The van der Waals surface area contributed by atoms with E-state index in [1.165, 1.54) is 5.56 Å². The third kappa shape index (κ3) is 5.76. The number of aromatic nitrogens is 4. The molecule has 0 aliphatic heterocycles. The first-order valence-electron chi connectivity index (χ1n) is 14.8. The van der Waals surface area contributed by atoms with Crippen molar-refractivity contribution in [3.05, 3.63) is 132 Å². The molecule has 0 saturated carbocycles. The first-order valence-corrected chi connectivity index (χ1v) is 14.8. The zero-order valence-corrected chi connectivity index (χ0v) is 27.8. The van der Waals surface area contributed by atoms with E-state index in [1.807, 2.05) is 61.7 Å². The molecule has 0 radical (unpaired) electrons. The Kier molecular flexibility index (Phi) is 8.88. The molecule has 0 N–H and O–H groups in total. The van der Waals surface area contributed by atoms with Gasteiger partial charge >= 0.3 is 21.1 Å². The number of ether oxygens (including phenoxy) is 1. The molecule has 0 fully saturated rings. The maximum absolute atomic E-state index is 13.9. The fourth-order valence-electron chi connectivity index (χ4n) is 5.94. The first kappa shape index (κ1) is 31.4. The van der Waals surface area contributed by atoms with Crippen molar-refractivity contribution in [3.8, 4) is 34.1 Å². The van der Waals surface area contributed by atoms with Crippen LogP contribution in [0.25, 0.3) is 44.4 Å². The Morgan fingerprint density at radius 3 is 2.37 bits per heavy atom. The Morgan fingerprint density at radius 2 is 1.61 bits per heavy atom. The van der Waals surface area contributed by atoms with E-state index in [2.05, 4.69) is 53.8 Å². The van der Waals surface area contributed by atoms with Crippen LogP contribution in [0.3, 0.4) is 0 Å². The molecule has 7 aromatic rings. The van der Waals surface area contributed by atoms with Crippen LogP contribution in [0.15, 0.2) is 97.5 Å². The smallest absolute Gasteiger partial charge is 0.509 e. The molecular weight excluding hydrogens is 762 g/mol. The van der Waals surface area contributed by atoms with Gasteiger partial charge in [0, 0.05) is 35.0 Å². The molecule has 46 heavy (non-hydrogen) atoms. The van der Waals surface area contributed by atoms with E-state index in [-0.39, 0.29) is 21.1 Å². The van der Waals surface area contributed by atoms with Crippen LogP contribution >= 0.6 is 0 Å². The normalized spacial score (nSPS) is 11.3. The van der Waals surface area contributed by atoms with Gasteiger partial charge in [0.05, 0.1) is 6.20 Å². The molecule has 5 nitrogen and oxygen atoms in total. The van der Waals surface area contributed by atoms with Gasteiger partial charge in [-0.05, 0) is 64.4 Å². The van der Waals surface area contributed by atoms with E-state index in [9.17, 15) is 8.78 Å². The third-order valence-corrected chi connectivity index (χ3v) is 8.05. The average Bonchev–Trinajstić information content (AvgIpc) is 3.67. The van der Waals surface area contributed by atoms with Crippen molar-refractivity contribution < 1.29 is 34.6 Å². The summed E-state index contributed by atoms with van der Waals surface area (Å²) in [5.74, 6) is 2.20. The summed E-state index contributed by atoms with van der Waals surface area (Å²) in [6, 6.07) is 32.1. The van der Waals surface area contributed by atoms with Gasteiger partial charge in [-0.3, -0.25) is 4.68 Å². The number of fused-ring (bicyclic) bond motifs is 3. The van der Waals surface area contributed by atoms with Crippen molar-refractivity contribution >= 4 is 21.8 Å². The number of nitrogens with zero attached hydrogens (tertiary/aromatic N) is 4. The zero-order chi connectivity index (χ0) is 31.1. The topological polar surface area (TPSA) is 44.9 Å². The van der Waals surface area contributed by atoms with E-state index in [1.54, 1.807) is 29.2 Å². The Hall–Kier alpha value is -4.61. The Morgan fingerprint density at radius 1 is 0.848 bits per heavy atom.